The van der Waals surface area contributed by atoms with Crippen LogP contribution in [0.1, 0.15) is 6.92 Å². The van der Waals surface area contributed by atoms with Crippen molar-refractivity contribution < 1.29 is 0 Å². The number of thioether (sulfide) groups is 1. The molecule has 0 aliphatic carbocycles. The highest BCUT2D eigenvalue weighted by Crippen LogP contribution is 2.20. The smallest absolute Gasteiger partial charge is 0.196 e. The molecule has 0 amide bonds. The van der Waals surface area contributed by atoms with Gasteiger partial charge in [0.2, 0.25) is 0 Å². The van der Waals surface area contributed by atoms with Crippen LogP contribution in [0.4, 0.5) is 0 Å². The van der Waals surface area contributed by atoms with Crippen molar-refractivity contribution in [2.45, 2.75) is 17.3 Å². The zero-order valence-corrected chi connectivity index (χ0v) is 8.40. The van der Waals surface area contributed by atoms with Crippen molar-refractivity contribution in [2.24, 2.45) is 0 Å². The lowest BCUT2D eigenvalue weighted by atomic mass is 10.5. The molecule has 1 atom stereocenters. The lowest BCUT2D eigenvalue weighted by Crippen LogP contribution is -1.93. The first kappa shape index (κ1) is 9.03. The lowest BCUT2D eigenvalue weighted by molar-refractivity contribution is 0.918. The van der Waals surface area contributed by atoms with E-state index in [2.05, 4.69) is 16.3 Å². The van der Waals surface area contributed by atoms with Crippen LogP contribution in [0.25, 0.3) is 5.65 Å². The highest BCUT2D eigenvalue weighted by atomic mass is 32.2. The summed E-state index contributed by atoms with van der Waals surface area (Å²) in [6.07, 6.45) is 1.89. The quantitative estimate of drug-likeness (QED) is 0.699. The number of nitrogens with zero attached hydrogens (tertiary/aromatic N) is 4. The number of nitriles is 1. The number of hydrogen-bond donors (Lipinski definition) is 0. The normalized spacial score (nSPS) is 12.6. The number of rotatable bonds is 2. The molecule has 0 saturated heterocycles. The molecular formula is C9H8N4S. The van der Waals surface area contributed by atoms with Crippen molar-refractivity contribution >= 4 is 17.4 Å². The second-order valence-electron chi connectivity index (χ2n) is 2.80. The maximum absolute atomic E-state index is 8.68. The fraction of sp³-hybridized carbons (Fsp3) is 0.222. The summed E-state index contributed by atoms with van der Waals surface area (Å²) in [4.78, 5) is 0. The van der Waals surface area contributed by atoms with Crippen molar-refractivity contribution in [3.8, 4) is 6.07 Å². The Labute approximate surface area is 85.6 Å². The molecule has 0 saturated carbocycles. The topological polar surface area (TPSA) is 54.0 Å². The number of pyridine rings is 1. The predicted molar refractivity (Wildman–Crippen MR) is 53.9 cm³/mol. The summed E-state index contributed by atoms with van der Waals surface area (Å²) in [6.45, 7) is 1.84. The molecule has 2 aromatic heterocycles. The van der Waals surface area contributed by atoms with Gasteiger partial charge in [-0.1, -0.05) is 17.8 Å². The van der Waals surface area contributed by atoms with Crippen LogP contribution in [-0.2, 0) is 0 Å². The summed E-state index contributed by atoms with van der Waals surface area (Å²) in [5.74, 6) is 0. The van der Waals surface area contributed by atoms with Crippen molar-refractivity contribution in [1.29, 1.82) is 5.26 Å². The van der Waals surface area contributed by atoms with Gasteiger partial charge in [-0.05, 0) is 19.1 Å². The second-order valence-corrected chi connectivity index (χ2v) is 4.11. The standard InChI is InChI=1S/C9H8N4S/c1-7(6-10)14-9-12-11-8-4-2-3-5-13(8)9/h2-5,7H,1H3/t7-/m1/s1. The third kappa shape index (κ3) is 1.56. The summed E-state index contributed by atoms with van der Waals surface area (Å²) in [7, 11) is 0. The highest BCUT2D eigenvalue weighted by molar-refractivity contribution is 8.00. The molecule has 0 aliphatic rings. The third-order valence-corrected chi connectivity index (χ3v) is 2.69. The largest absolute Gasteiger partial charge is 0.277 e. The van der Waals surface area contributed by atoms with E-state index in [4.69, 9.17) is 5.26 Å². The van der Waals surface area contributed by atoms with Gasteiger partial charge in [-0.3, -0.25) is 4.40 Å². The van der Waals surface area contributed by atoms with Gasteiger partial charge in [-0.25, -0.2) is 0 Å². The van der Waals surface area contributed by atoms with Gasteiger partial charge in [-0.2, -0.15) is 5.26 Å². The van der Waals surface area contributed by atoms with E-state index in [1.165, 1.54) is 11.8 Å². The monoisotopic (exact) mass is 204 g/mol. The van der Waals surface area contributed by atoms with Crippen LogP contribution >= 0.6 is 11.8 Å². The van der Waals surface area contributed by atoms with Crippen molar-refractivity contribution in [1.82, 2.24) is 14.6 Å². The minimum atomic E-state index is -0.109. The van der Waals surface area contributed by atoms with Crippen LogP contribution < -0.4 is 0 Å². The van der Waals surface area contributed by atoms with E-state index in [1.807, 2.05) is 35.7 Å². The molecule has 4 nitrogen and oxygen atoms in total. The molecule has 2 aromatic rings. The average molecular weight is 204 g/mol. The first-order valence-corrected chi connectivity index (χ1v) is 5.05. The van der Waals surface area contributed by atoms with E-state index in [0.717, 1.165) is 10.8 Å². The summed E-state index contributed by atoms with van der Waals surface area (Å²) in [5, 5.41) is 17.3. The van der Waals surface area contributed by atoms with Gasteiger partial charge >= 0.3 is 0 Å². The second kappa shape index (κ2) is 3.68. The van der Waals surface area contributed by atoms with E-state index >= 15 is 0 Å². The molecule has 0 spiro atoms. The maximum atomic E-state index is 8.68. The van der Waals surface area contributed by atoms with Gasteiger partial charge < -0.3 is 0 Å². The Hall–Kier alpha value is -1.54. The predicted octanol–water partition coefficient (Wildman–Crippen LogP) is 1.73. The maximum Gasteiger partial charge on any atom is 0.196 e. The number of aromatic nitrogens is 3. The molecule has 0 unspecified atom stereocenters. The zero-order valence-electron chi connectivity index (χ0n) is 7.58. The van der Waals surface area contributed by atoms with Crippen LogP contribution in [0.2, 0.25) is 0 Å². The molecule has 0 fully saturated rings. The minimum absolute atomic E-state index is 0.109. The van der Waals surface area contributed by atoms with E-state index in [-0.39, 0.29) is 5.25 Å². The third-order valence-electron chi connectivity index (χ3n) is 1.75. The summed E-state index contributed by atoms with van der Waals surface area (Å²) in [5.41, 5.74) is 0.806. The Balaban J connectivity index is 2.39. The molecule has 2 rings (SSSR count). The van der Waals surface area contributed by atoms with Gasteiger partial charge in [-0.15, -0.1) is 10.2 Å². The highest BCUT2D eigenvalue weighted by Gasteiger charge is 2.08. The van der Waals surface area contributed by atoms with E-state index in [0.29, 0.717) is 0 Å². The molecule has 0 aromatic carbocycles. The fourth-order valence-electron chi connectivity index (χ4n) is 1.08. The fourth-order valence-corrected chi connectivity index (χ4v) is 1.81. The zero-order chi connectivity index (χ0) is 9.97. The van der Waals surface area contributed by atoms with Gasteiger partial charge in [0, 0.05) is 6.20 Å². The minimum Gasteiger partial charge on any atom is -0.277 e. The van der Waals surface area contributed by atoms with E-state index in [9.17, 15) is 0 Å². The van der Waals surface area contributed by atoms with Gasteiger partial charge in [0.05, 0.1) is 11.3 Å². The van der Waals surface area contributed by atoms with Crippen LogP contribution in [0.3, 0.4) is 0 Å². The van der Waals surface area contributed by atoms with Crippen molar-refractivity contribution in [3.05, 3.63) is 24.4 Å². The van der Waals surface area contributed by atoms with Crippen LogP contribution in [0.5, 0.6) is 0 Å². The van der Waals surface area contributed by atoms with Gasteiger partial charge in [0.15, 0.2) is 10.8 Å². The Kier molecular flexibility index (Phi) is 2.37. The molecular weight excluding hydrogens is 196 g/mol. The van der Waals surface area contributed by atoms with Crippen molar-refractivity contribution in [2.75, 3.05) is 0 Å². The first-order chi connectivity index (χ1) is 6.81. The Morgan fingerprint density at radius 2 is 2.36 bits per heavy atom. The van der Waals surface area contributed by atoms with Crippen LogP contribution in [0, 0.1) is 11.3 Å². The summed E-state index contributed by atoms with van der Waals surface area (Å²) < 4.78 is 1.87. The molecule has 70 valence electrons. The first-order valence-electron chi connectivity index (χ1n) is 4.17. The average Bonchev–Trinajstić information content (AvgIpc) is 2.62. The molecule has 2 heterocycles. The molecule has 0 radical (unpaired) electrons. The number of fused-ring (bicyclic) bond motifs is 1. The van der Waals surface area contributed by atoms with Crippen molar-refractivity contribution in [3.63, 3.8) is 0 Å². The van der Waals surface area contributed by atoms with E-state index in [1.54, 1.807) is 0 Å². The SMILES string of the molecule is C[C@H](C#N)Sc1nnc2ccccn12. The molecule has 0 bridgehead atoms. The number of hydrogen-bond acceptors (Lipinski definition) is 4. The molecule has 0 aliphatic heterocycles. The molecule has 5 heteroatoms. The Morgan fingerprint density at radius 3 is 3.14 bits per heavy atom. The Morgan fingerprint density at radius 1 is 1.50 bits per heavy atom. The van der Waals surface area contributed by atoms with Gasteiger partial charge in [0.25, 0.3) is 0 Å². The Bertz CT molecular complexity index is 485. The van der Waals surface area contributed by atoms with E-state index < -0.39 is 0 Å². The summed E-state index contributed by atoms with van der Waals surface area (Å²) >= 11 is 1.41. The van der Waals surface area contributed by atoms with Gasteiger partial charge in [0.1, 0.15) is 0 Å². The lowest BCUT2D eigenvalue weighted by Gasteiger charge is -1.99. The molecule has 14 heavy (non-hydrogen) atoms. The summed E-state index contributed by atoms with van der Waals surface area (Å²) in [6, 6.07) is 7.86. The van der Waals surface area contributed by atoms with Crippen LogP contribution in [0.15, 0.2) is 29.6 Å². The molecule has 0 N–H and O–H groups in total. The van der Waals surface area contributed by atoms with Crippen LogP contribution in [-0.4, -0.2) is 19.8 Å².